The van der Waals surface area contributed by atoms with Gasteiger partial charge in [0.2, 0.25) is 11.7 Å². The second-order valence-corrected chi connectivity index (χ2v) is 2.23. The maximum Gasteiger partial charge on any atom is 0.223 e. The smallest absolute Gasteiger partial charge is 0.223 e. The average molecular weight is 162 g/mol. The Morgan fingerprint density at radius 2 is 2.25 bits per heavy atom. The van der Waals surface area contributed by atoms with Gasteiger partial charge in [0.15, 0.2) is 0 Å². The van der Waals surface area contributed by atoms with Gasteiger partial charge in [0.1, 0.15) is 5.69 Å². The van der Waals surface area contributed by atoms with Crippen LogP contribution in [0.4, 0.5) is 0 Å². The minimum absolute atomic E-state index is 0.473. The van der Waals surface area contributed by atoms with Gasteiger partial charge in [0, 0.05) is 19.3 Å². The van der Waals surface area contributed by atoms with Crippen molar-refractivity contribution in [2.45, 2.75) is 6.92 Å². The highest BCUT2D eigenvalue weighted by molar-refractivity contribution is 5.45. The van der Waals surface area contributed by atoms with Gasteiger partial charge in [-0.05, 0) is 0 Å². The lowest BCUT2D eigenvalue weighted by molar-refractivity contribution is 0.394. The normalized spacial score (nSPS) is 10.1. The molecule has 0 saturated carbocycles. The largest absolute Gasteiger partial charge is 0.339 e. The maximum absolute atomic E-state index is 4.79. The highest BCUT2D eigenvalue weighted by Crippen LogP contribution is 2.09. The quantitative estimate of drug-likeness (QED) is 0.621. The summed E-state index contributed by atoms with van der Waals surface area (Å²) in [7, 11) is 0. The van der Waals surface area contributed by atoms with Gasteiger partial charge >= 0.3 is 0 Å². The number of aromatic nitrogens is 4. The summed E-state index contributed by atoms with van der Waals surface area (Å²) in [5, 5.41) is 3.70. The average Bonchev–Trinajstić information content (AvgIpc) is 2.54. The van der Waals surface area contributed by atoms with Gasteiger partial charge in [-0.25, -0.2) is 4.98 Å². The molecule has 12 heavy (non-hydrogen) atoms. The van der Waals surface area contributed by atoms with Crippen LogP contribution in [-0.4, -0.2) is 20.1 Å². The van der Waals surface area contributed by atoms with Crippen molar-refractivity contribution in [1.82, 2.24) is 20.1 Å². The van der Waals surface area contributed by atoms with Crippen molar-refractivity contribution < 1.29 is 4.52 Å². The first-order valence-electron chi connectivity index (χ1n) is 3.43. The Labute approximate surface area is 68.5 Å². The highest BCUT2D eigenvalue weighted by Gasteiger charge is 2.05. The van der Waals surface area contributed by atoms with Gasteiger partial charge in [-0.1, -0.05) is 5.16 Å². The number of rotatable bonds is 1. The first-order valence-corrected chi connectivity index (χ1v) is 3.43. The molecule has 0 aliphatic rings. The molecule has 0 fully saturated rings. The zero-order valence-corrected chi connectivity index (χ0v) is 6.43. The van der Waals surface area contributed by atoms with E-state index in [2.05, 4.69) is 20.1 Å². The minimum atomic E-state index is 0.473. The standard InChI is InChI=1S/C7H6N4O/c1-5-10-7(11-12-5)6-4-8-2-3-9-6/h2-4H,1H3. The third-order valence-corrected chi connectivity index (χ3v) is 1.32. The monoisotopic (exact) mass is 162 g/mol. The molecule has 0 radical (unpaired) electrons. The zero-order chi connectivity index (χ0) is 8.39. The highest BCUT2D eigenvalue weighted by atomic mass is 16.5. The lowest BCUT2D eigenvalue weighted by Crippen LogP contribution is -1.85. The van der Waals surface area contributed by atoms with Gasteiger partial charge in [-0.3, -0.25) is 4.98 Å². The molecule has 2 rings (SSSR count). The maximum atomic E-state index is 4.79. The van der Waals surface area contributed by atoms with Crippen molar-refractivity contribution in [2.75, 3.05) is 0 Å². The molecule has 2 heterocycles. The molecule has 0 bridgehead atoms. The van der Waals surface area contributed by atoms with E-state index < -0.39 is 0 Å². The topological polar surface area (TPSA) is 64.7 Å². The second kappa shape index (κ2) is 2.69. The van der Waals surface area contributed by atoms with Crippen molar-refractivity contribution in [1.29, 1.82) is 0 Å². The SMILES string of the molecule is Cc1nc(-c2cnccn2)no1. The van der Waals surface area contributed by atoms with Crippen LogP contribution >= 0.6 is 0 Å². The predicted molar refractivity (Wildman–Crippen MR) is 40.1 cm³/mol. The fraction of sp³-hybridized carbons (Fsp3) is 0.143. The van der Waals surface area contributed by atoms with E-state index in [9.17, 15) is 0 Å². The van der Waals surface area contributed by atoms with Crippen LogP contribution in [0.5, 0.6) is 0 Å². The van der Waals surface area contributed by atoms with Crippen LogP contribution in [-0.2, 0) is 0 Å². The third kappa shape index (κ3) is 1.16. The van der Waals surface area contributed by atoms with Gasteiger partial charge in [-0.15, -0.1) is 0 Å². The van der Waals surface area contributed by atoms with Crippen molar-refractivity contribution in [3.05, 3.63) is 24.5 Å². The zero-order valence-electron chi connectivity index (χ0n) is 6.43. The van der Waals surface area contributed by atoms with Crippen molar-refractivity contribution in [2.24, 2.45) is 0 Å². The summed E-state index contributed by atoms with van der Waals surface area (Å²) in [6, 6.07) is 0. The Morgan fingerprint density at radius 1 is 1.33 bits per heavy atom. The van der Waals surface area contributed by atoms with Gasteiger partial charge in [0.25, 0.3) is 0 Å². The summed E-state index contributed by atoms with van der Waals surface area (Å²) < 4.78 is 4.79. The number of aryl methyl sites for hydroxylation is 1. The summed E-state index contributed by atoms with van der Waals surface area (Å²) in [6.45, 7) is 1.73. The molecule has 0 aliphatic heterocycles. The molecule has 0 atom stereocenters. The third-order valence-electron chi connectivity index (χ3n) is 1.32. The van der Waals surface area contributed by atoms with Crippen LogP contribution in [0.3, 0.4) is 0 Å². The van der Waals surface area contributed by atoms with Crippen molar-refractivity contribution >= 4 is 0 Å². The fourth-order valence-corrected chi connectivity index (χ4v) is 0.818. The van der Waals surface area contributed by atoms with E-state index in [1.165, 1.54) is 0 Å². The lowest BCUT2D eigenvalue weighted by atomic mass is 10.4. The number of hydrogen-bond acceptors (Lipinski definition) is 5. The van der Waals surface area contributed by atoms with Gasteiger partial charge in [0.05, 0.1) is 6.20 Å². The molecule has 5 nitrogen and oxygen atoms in total. The lowest BCUT2D eigenvalue weighted by Gasteiger charge is -1.87. The molecule has 2 aromatic rings. The Hall–Kier alpha value is -1.78. The second-order valence-electron chi connectivity index (χ2n) is 2.23. The molecule has 0 spiro atoms. The minimum Gasteiger partial charge on any atom is -0.339 e. The predicted octanol–water partition coefficient (Wildman–Crippen LogP) is 0.835. The molecule has 0 amide bonds. The Balaban J connectivity index is 2.45. The van der Waals surface area contributed by atoms with Crippen LogP contribution in [0.1, 0.15) is 5.89 Å². The van der Waals surface area contributed by atoms with E-state index in [0.717, 1.165) is 0 Å². The van der Waals surface area contributed by atoms with Crippen LogP contribution in [0.2, 0.25) is 0 Å². The molecular weight excluding hydrogens is 156 g/mol. The van der Waals surface area contributed by atoms with Crippen LogP contribution in [0.25, 0.3) is 11.5 Å². The first-order chi connectivity index (χ1) is 5.86. The van der Waals surface area contributed by atoms with Crippen LogP contribution in [0, 0.1) is 6.92 Å². The Kier molecular flexibility index (Phi) is 1.55. The molecule has 0 unspecified atom stereocenters. The van der Waals surface area contributed by atoms with E-state index in [4.69, 9.17) is 4.52 Å². The molecule has 5 heteroatoms. The van der Waals surface area contributed by atoms with Gasteiger partial charge < -0.3 is 4.52 Å². The molecule has 60 valence electrons. The van der Waals surface area contributed by atoms with E-state index >= 15 is 0 Å². The number of hydrogen-bond donors (Lipinski definition) is 0. The summed E-state index contributed by atoms with van der Waals surface area (Å²) in [5.74, 6) is 0.997. The van der Waals surface area contributed by atoms with Crippen molar-refractivity contribution in [3.8, 4) is 11.5 Å². The van der Waals surface area contributed by atoms with Crippen LogP contribution in [0.15, 0.2) is 23.1 Å². The van der Waals surface area contributed by atoms with Crippen LogP contribution < -0.4 is 0 Å². The van der Waals surface area contributed by atoms with E-state index in [-0.39, 0.29) is 0 Å². The summed E-state index contributed by atoms with van der Waals surface area (Å²) in [6.07, 6.45) is 4.77. The fourth-order valence-electron chi connectivity index (χ4n) is 0.818. The molecule has 0 N–H and O–H groups in total. The molecular formula is C7H6N4O. The van der Waals surface area contributed by atoms with Crippen molar-refractivity contribution in [3.63, 3.8) is 0 Å². The molecule has 0 aliphatic carbocycles. The van der Waals surface area contributed by atoms with Gasteiger partial charge in [-0.2, -0.15) is 4.98 Å². The van der Waals surface area contributed by atoms with E-state index in [0.29, 0.717) is 17.4 Å². The molecule has 2 aromatic heterocycles. The summed E-state index contributed by atoms with van der Waals surface area (Å²) in [4.78, 5) is 11.9. The first kappa shape index (κ1) is 6.90. The van der Waals surface area contributed by atoms with E-state index in [1.54, 1.807) is 25.5 Å². The molecule has 0 saturated heterocycles. The molecule has 0 aromatic carbocycles. The Bertz CT molecular complexity index is 370. The Morgan fingerprint density at radius 3 is 2.83 bits per heavy atom. The summed E-state index contributed by atoms with van der Waals surface area (Å²) >= 11 is 0. The summed E-state index contributed by atoms with van der Waals surface area (Å²) in [5.41, 5.74) is 0.620. The number of nitrogens with zero attached hydrogens (tertiary/aromatic N) is 4. The van der Waals surface area contributed by atoms with E-state index in [1.807, 2.05) is 0 Å².